The first-order valence-electron chi connectivity index (χ1n) is 11.9. The Morgan fingerprint density at radius 2 is 1.05 bits per heavy atom. The first kappa shape index (κ1) is 28.0. The number of rotatable bonds is 10. The van der Waals surface area contributed by atoms with Crippen molar-refractivity contribution in [3.05, 3.63) is 95.6 Å². The van der Waals surface area contributed by atoms with Crippen LogP contribution in [-0.2, 0) is 0 Å². The van der Waals surface area contributed by atoms with Gasteiger partial charge in [-0.1, -0.05) is 0 Å². The number of carbonyl (C=O) groups is 2. The molecule has 208 valence electrons. The number of benzene rings is 2. The van der Waals surface area contributed by atoms with Crippen LogP contribution in [0, 0.1) is 0 Å². The Morgan fingerprint density at radius 1 is 0.683 bits per heavy atom. The number of hydrogen-bond donors (Lipinski definition) is 4. The van der Waals surface area contributed by atoms with E-state index in [1.165, 1.54) is 100.0 Å². The SMILES string of the molecule is COc1cc(/C=N/NC(=O)c2ccncc2)cc(Oc2cc(/C=N/NC(=O)c3ccncc3)cc(OC)c2O)c1O. The van der Waals surface area contributed by atoms with Gasteiger partial charge in [0.05, 0.1) is 26.6 Å². The van der Waals surface area contributed by atoms with E-state index in [-0.39, 0.29) is 34.5 Å². The minimum atomic E-state index is -0.446. The number of methoxy groups -OCH3 is 2. The van der Waals surface area contributed by atoms with Crippen LogP contribution >= 0.6 is 0 Å². The predicted octanol–water partition coefficient (Wildman–Crippen LogP) is 3.23. The molecule has 0 unspecified atom stereocenters. The van der Waals surface area contributed by atoms with Gasteiger partial charge in [0.1, 0.15) is 0 Å². The normalized spacial score (nSPS) is 10.9. The molecule has 2 aromatic carbocycles. The highest BCUT2D eigenvalue weighted by atomic mass is 16.5. The van der Waals surface area contributed by atoms with Gasteiger partial charge in [0.2, 0.25) is 11.5 Å². The molecule has 4 rings (SSSR count). The molecule has 0 aliphatic carbocycles. The average Bonchev–Trinajstić information content (AvgIpc) is 3.00. The van der Waals surface area contributed by atoms with E-state index in [9.17, 15) is 19.8 Å². The van der Waals surface area contributed by atoms with Crippen LogP contribution in [-0.4, -0.2) is 58.6 Å². The molecule has 13 heteroatoms. The lowest BCUT2D eigenvalue weighted by molar-refractivity contribution is 0.0947. The Morgan fingerprint density at radius 3 is 1.41 bits per heavy atom. The van der Waals surface area contributed by atoms with Crippen molar-refractivity contribution < 1.29 is 34.0 Å². The van der Waals surface area contributed by atoms with Crippen molar-refractivity contribution in [1.29, 1.82) is 0 Å². The second-order valence-corrected chi connectivity index (χ2v) is 8.11. The Kier molecular flexibility index (Phi) is 9.02. The van der Waals surface area contributed by atoms with Gasteiger partial charge in [0.15, 0.2) is 23.0 Å². The molecule has 0 fully saturated rings. The number of aromatic hydroxyl groups is 2. The largest absolute Gasteiger partial charge is 0.502 e. The molecule has 0 spiro atoms. The fraction of sp³-hybridized carbons (Fsp3) is 0.0714. The number of nitrogens with one attached hydrogen (secondary N) is 2. The molecule has 0 saturated heterocycles. The van der Waals surface area contributed by atoms with E-state index in [0.717, 1.165) is 0 Å². The number of pyridine rings is 2. The smallest absolute Gasteiger partial charge is 0.271 e. The van der Waals surface area contributed by atoms with Crippen molar-refractivity contribution in [1.82, 2.24) is 20.8 Å². The Labute approximate surface area is 233 Å². The summed E-state index contributed by atoms with van der Waals surface area (Å²) in [6.07, 6.45) is 8.58. The van der Waals surface area contributed by atoms with Crippen LogP contribution in [0.5, 0.6) is 34.5 Å². The number of hydrogen-bond acceptors (Lipinski definition) is 11. The van der Waals surface area contributed by atoms with Crippen molar-refractivity contribution in [2.45, 2.75) is 0 Å². The minimum Gasteiger partial charge on any atom is -0.502 e. The van der Waals surface area contributed by atoms with Gasteiger partial charge >= 0.3 is 0 Å². The van der Waals surface area contributed by atoms with Gasteiger partial charge in [0, 0.05) is 47.0 Å². The topological polar surface area (TPSA) is 177 Å². The summed E-state index contributed by atoms with van der Waals surface area (Å²) in [7, 11) is 2.70. The third-order valence-corrected chi connectivity index (χ3v) is 5.43. The number of aromatic nitrogens is 2. The molecular formula is C28H24N6O7. The molecule has 4 aromatic rings. The molecule has 13 nitrogen and oxygen atoms in total. The van der Waals surface area contributed by atoms with Crippen LogP contribution in [0.1, 0.15) is 31.8 Å². The second kappa shape index (κ2) is 13.2. The summed E-state index contributed by atoms with van der Waals surface area (Å²) in [6, 6.07) is 11.9. The van der Waals surface area contributed by atoms with E-state index >= 15 is 0 Å². The number of carbonyl (C=O) groups excluding carboxylic acids is 2. The molecule has 0 aliphatic rings. The van der Waals surface area contributed by atoms with Crippen LogP contribution in [0.3, 0.4) is 0 Å². The molecule has 0 radical (unpaired) electrons. The van der Waals surface area contributed by atoms with E-state index in [0.29, 0.717) is 22.3 Å². The number of phenols is 2. The van der Waals surface area contributed by atoms with Gasteiger partial charge in [-0.2, -0.15) is 10.2 Å². The van der Waals surface area contributed by atoms with Gasteiger partial charge < -0.3 is 24.4 Å². The summed E-state index contributed by atoms with van der Waals surface area (Å²) >= 11 is 0. The van der Waals surface area contributed by atoms with E-state index < -0.39 is 11.8 Å². The first-order valence-corrected chi connectivity index (χ1v) is 11.9. The van der Waals surface area contributed by atoms with Crippen molar-refractivity contribution in [2.24, 2.45) is 10.2 Å². The summed E-state index contributed by atoms with van der Waals surface area (Å²) in [5.74, 6) is -1.69. The minimum absolute atomic E-state index is 0.0485. The number of hydrazone groups is 2. The first-order chi connectivity index (χ1) is 19.9. The summed E-state index contributed by atoms with van der Waals surface area (Å²) < 4.78 is 16.3. The highest BCUT2D eigenvalue weighted by Crippen LogP contribution is 2.44. The monoisotopic (exact) mass is 556 g/mol. The van der Waals surface area contributed by atoms with Crippen LogP contribution in [0.4, 0.5) is 0 Å². The van der Waals surface area contributed by atoms with Crippen molar-refractivity contribution in [3.63, 3.8) is 0 Å². The van der Waals surface area contributed by atoms with Gasteiger partial charge in [0.25, 0.3) is 11.8 Å². The van der Waals surface area contributed by atoms with E-state index in [1.54, 1.807) is 0 Å². The maximum absolute atomic E-state index is 12.2. The van der Waals surface area contributed by atoms with Gasteiger partial charge in [-0.25, -0.2) is 10.9 Å². The van der Waals surface area contributed by atoms with Crippen molar-refractivity contribution in [2.75, 3.05) is 14.2 Å². The summed E-state index contributed by atoms with van der Waals surface area (Å²) in [4.78, 5) is 32.2. The van der Waals surface area contributed by atoms with Gasteiger partial charge in [-0.15, -0.1) is 0 Å². The summed E-state index contributed by atoms with van der Waals surface area (Å²) in [5.41, 5.74) is 6.32. The summed E-state index contributed by atoms with van der Waals surface area (Å²) in [5, 5.41) is 29.2. The number of amides is 2. The molecular weight excluding hydrogens is 532 g/mol. The molecule has 2 amide bonds. The standard InChI is InChI=1S/C28H24N6O7/c1-39-21-11-17(15-31-33-27(37)19-3-7-29-8-4-19)13-23(25(21)35)41-24-14-18(12-22(40-2)26(24)36)16-32-34-28(38)20-5-9-30-10-6-20/h3-16,35-36H,1-2H3,(H,33,37)(H,34,38)/b31-15+,32-16+. The Hall–Kier alpha value is -5.98. The third kappa shape index (κ3) is 7.11. The average molecular weight is 557 g/mol. The number of nitrogens with zero attached hydrogens (tertiary/aromatic N) is 4. The molecule has 4 N–H and O–H groups in total. The van der Waals surface area contributed by atoms with Crippen LogP contribution in [0.15, 0.2) is 83.5 Å². The van der Waals surface area contributed by atoms with Gasteiger partial charge in [-0.3, -0.25) is 19.6 Å². The van der Waals surface area contributed by atoms with E-state index in [2.05, 4.69) is 31.0 Å². The van der Waals surface area contributed by atoms with Crippen LogP contribution < -0.4 is 25.1 Å². The van der Waals surface area contributed by atoms with Gasteiger partial charge in [-0.05, 0) is 48.5 Å². The van der Waals surface area contributed by atoms with Crippen LogP contribution in [0.25, 0.3) is 0 Å². The summed E-state index contributed by atoms with van der Waals surface area (Å²) in [6.45, 7) is 0. The fourth-order valence-electron chi connectivity index (χ4n) is 3.41. The fourth-order valence-corrected chi connectivity index (χ4v) is 3.41. The van der Waals surface area contributed by atoms with E-state index in [1.807, 2.05) is 0 Å². The lowest BCUT2D eigenvalue weighted by Crippen LogP contribution is -2.17. The molecule has 0 atom stereocenters. The highest BCUT2D eigenvalue weighted by Gasteiger charge is 2.17. The number of ether oxygens (including phenoxy) is 3. The predicted molar refractivity (Wildman–Crippen MR) is 148 cm³/mol. The zero-order valence-electron chi connectivity index (χ0n) is 21.8. The number of phenolic OH excluding ortho intramolecular Hbond substituents is 2. The molecule has 0 bridgehead atoms. The molecule has 0 aliphatic heterocycles. The molecule has 2 aromatic heterocycles. The molecule has 0 saturated carbocycles. The van der Waals surface area contributed by atoms with Crippen LogP contribution in [0.2, 0.25) is 0 Å². The zero-order valence-corrected chi connectivity index (χ0v) is 21.8. The highest BCUT2D eigenvalue weighted by molar-refractivity contribution is 5.95. The Bertz CT molecular complexity index is 1480. The quantitative estimate of drug-likeness (QED) is 0.169. The Balaban J connectivity index is 1.56. The maximum Gasteiger partial charge on any atom is 0.271 e. The van der Waals surface area contributed by atoms with Crippen molar-refractivity contribution >= 4 is 24.2 Å². The molecule has 2 heterocycles. The zero-order chi connectivity index (χ0) is 29.2. The lowest BCUT2D eigenvalue weighted by atomic mass is 10.1. The second-order valence-electron chi connectivity index (χ2n) is 8.11. The molecule has 41 heavy (non-hydrogen) atoms. The van der Waals surface area contributed by atoms with Crippen molar-refractivity contribution in [3.8, 4) is 34.5 Å². The maximum atomic E-state index is 12.2. The third-order valence-electron chi connectivity index (χ3n) is 5.43. The lowest BCUT2D eigenvalue weighted by Gasteiger charge is -2.14. The van der Waals surface area contributed by atoms with E-state index in [4.69, 9.17) is 14.2 Å².